The molecule has 3 saturated heterocycles. The van der Waals surface area contributed by atoms with E-state index in [-0.39, 0.29) is 94.3 Å². The van der Waals surface area contributed by atoms with Gasteiger partial charge < -0.3 is 57.4 Å². The van der Waals surface area contributed by atoms with E-state index in [0.717, 1.165) is 5.57 Å². The smallest absolute Gasteiger partial charge is 0.461 e. The van der Waals surface area contributed by atoms with Crippen molar-refractivity contribution in [2.75, 3.05) is 54.3 Å². The Labute approximate surface area is 489 Å². The minimum atomic E-state index is -2.50. The van der Waals surface area contributed by atoms with E-state index in [2.05, 4.69) is 13.2 Å². The standard InChI is InChI=1S/C63H91NO19/c1-12-28-78-53(66)25-26-54(67)82-57-42(7)33-40(5)48(65)37-51-47(34-44-22-24-49(52(35-44)75-10)77-30-31-80-62(72)79-29-13-2)46-20-17-27-64(55(46)61(71)81-51)60(70)59(69)63(73)43(8)21-23-45(83-63)36-50(74-9)39(4)19-16-14-15-18-38(3)32-41(6)56(68)58(57)76-11/h12-16,18-19,33,38,40-41,43-47,49-52,55,57-58,73H,1-2,17,20-32,34-37H2,3-11H3/b16-14+,18-15+,39-19+,42-33+/t38-,40-,41-,43-,44+,45+,46?,47+,49-,50+,51+,52-,55+,57-,58+,63-/m1/s1. The molecule has 1 aliphatic carbocycles. The fraction of sp³-hybridized carbons (Fsp3) is 0.683. The number of carbonyl (C=O) groups excluding carboxylic acids is 8. The lowest BCUT2D eigenvalue weighted by molar-refractivity contribution is -0.266. The van der Waals surface area contributed by atoms with Gasteiger partial charge in [0, 0.05) is 64.4 Å². The molecule has 4 aliphatic heterocycles. The zero-order valence-corrected chi connectivity index (χ0v) is 50.2. The van der Waals surface area contributed by atoms with Crippen molar-refractivity contribution in [1.29, 1.82) is 0 Å². The number of methoxy groups -OCH3 is 3. The van der Waals surface area contributed by atoms with Gasteiger partial charge in [-0.2, -0.15) is 0 Å². The first-order valence-electron chi connectivity index (χ1n) is 29.4. The van der Waals surface area contributed by atoms with Crippen LogP contribution in [0.2, 0.25) is 0 Å². The van der Waals surface area contributed by atoms with Crippen LogP contribution in [0.4, 0.5) is 4.79 Å². The lowest BCUT2D eigenvalue weighted by Gasteiger charge is -2.50. The van der Waals surface area contributed by atoms with E-state index in [9.17, 15) is 43.5 Å². The molecule has 0 aromatic rings. The minimum absolute atomic E-state index is 0.00815. The van der Waals surface area contributed by atoms with E-state index in [1.165, 1.54) is 24.2 Å². The van der Waals surface area contributed by atoms with Crippen LogP contribution in [0.25, 0.3) is 0 Å². The summed E-state index contributed by atoms with van der Waals surface area (Å²) in [5.74, 6) is -11.1. The van der Waals surface area contributed by atoms with E-state index in [4.69, 9.17) is 47.4 Å². The third-order valence-corrected chi connectivity index (χ3v) is 17.0. The molecule has 1 amide bonds. The maximum absolute atomic E-state index is 14.7. The Bertz CT molecular complexity index is 2390. The molecule has 0 aromatic heterocycles. The SMILES string of the molecule is C=CCOC(=O)CCC(=O)O[C@@H]1/C(C)=C/[C@@H](C)C(=O)C[C@@H]2OC(=O)[C@@H]3C(CCCN3C(=O)C(=O)[C@]3(O)O[C@@H](CC[C@H]3C)C[C@H](OC)/C(C)=C/C=C/C=C/[C@@H](C)C[C@@H](C)C(=O)[C@@H]1OC)[C@@H]2C[C@@H]1CC[C@@H](OCCOC(=O)OCC=C)[C@H](OC)C1. The zero-order valence-electron chi connectivity index (χ0n) is 50.2. The second-order valence-corrected chi connectivity index (χ2v) is 23.0. The highest BCUT2D eigenvalue weighted by Crippen LogP contribution is 2.46. The summed E-state index contributed by atoms with van der Waals surface area (Å²) in [6.07, 6.45) is 11.2. The molecule has 83 heavy (non-hydrogen) atoms. The summed E-state index contributed by atoms with van der Waals surface area (Å²) in [5, 5.41) is 12.2. The summed E-state index contributed by atoms with van der Waals surface area (Å²) in [7, 11) is 4.48. The summed E-state index contributed by atoms with van der Waals surface area (Å²) in [4.78, 5) is 112. The molecule has 1 unspecified atom stereocenters. The predicted octanol–water partition coefficient (Wildman–Crippen LogP) is 7.82. The lowest BCUT2D eigenvalue weighted by Crippen LogP contribution is -2.65. The summed E-state index contributed by atoms with van der Waals surface area (Å²) in [6, 6.07) is -1.22. The van der Waals surface area contributed by atoms with Crippen molar-refractivity contribution in [1.82, 2.24) is 4.90 Å². The van der Waals surface area contributed by atoms with Crippen LogP contribution >= 0.6 is 0 Å². The van der Waals surface area contributed by atoms with Gasteiger partial charge in [0.25, 0.3) is 11.7 Å². The van der Waals surface area contributed by atoms with E-state index in [1.807, 2.05) is 44.2 Å². The number of ketones is 3. The van der Waals surface area contributed by atoms with E-state index >= 15 is 0 Å². The summed E-state index contributed by atoms with van der Waals surface area (Å²) in [6.45, 7) is 17.7. The molecule has 0 spiro atoms. The summed E-state index contributed by atoms with van der Waals surface area (Å²) < 4.78 is 57.4. The van der Waals surface area contributed by atoms with E-state index in [0.29, 0.717) is 63.4 Å². The second kappa shape index (κ2) is 33.2. The number of ether oxygens (including phenoxy) is 10. The Morgan fingerprint density at radius 2 is 1.51 bits per heavy atom. The normalized spacial score (nSPS) is 35.6. The molecule has 0 aromatic carbocycles. The third kappa shape index (κ3) is 18.9. The first-order valence-corrected chi connectivity index (χ1v) is 29.4. The molecule has 16 atom stereocenters. The topological polar surface area (TPSA) is 252 Å². The molecule has 0 radical (unpaired) electrons. The molecule has 20 nitrogen and oxygen atoms in total. The van der Waals surface area contributed by atoms with Crippen LogP contribution in [0.15, 0.2) is 72.9 Å². The number of nitrogens with zero attached hydrogens (tertiary/aromatic N) is 1. The molecule has 20 heteroatoms. The molecule has 4 bridgehead atoms. The Balaban J connectivity index is 1.52. The van der Waals surface area contributed by atoms with Crippen LogP contribution in [0.5, 0.6) is 0 Å². The molecule has 4 fully saturated rings. The van der Waals surface area contributed by atoms with Gasteiger partial charge in [-0.25, -0.2) is 9.59 Å². The fourth-order valence-corrected chi connectivity index (χ4v) is 12.4. The Morgan fingerprint density at radius 1 is 0.783 bits per heavy atom. The van der Waals surface area contributed by atoms with E-state index < -0.39 is 108 Å². The van der Waals surface area contributed by atoms with E-state index in [1.54, 1.807) is 48.0 Å². The number of Topliss-reactive ketones (excluding diaryl/α,β-unsaturated/α-hetero) is 3. The van der Waals surface area contributed by atoms with Gasteiger partial charge in [-0.05, 0) is 101 Å². The van der Waals surface area contributed by atoms with Crippen LogP contribution in [0.3, 0.4) is 0 Å². The number of fused-ring (bicyclic) bond motifs is 4. The zero-order chi connectivity index (χ0) is 61.0. The van der Waals surface area contributed by atoms with Crippen LogP contribution in [0, 0.1) is 41.4 Å². The molecule has 1 saturated carbocycles. The summed E-state index contributed by atoms with van der Waals surface area (Å²) >= 11 is 0. The molecule has 462 valence electrons. The van der Waals surface area contributed by atoms with Crippen molar-refractivity contribution in [3.05, 3.63) is 72.9 Å². The summed E-state index contributed by atoms with van der Waals surface area (Å²) in [5.41, 5.74) is 1.17. The highest BCUT2D eigenvalue weighted by Gasteiger charge is 2.57. The molecular formula is C63H91NO19. The first-order chi connectivity index (χ1) is 39.6. The van der Waals surface area contributed by atoms with Crippen molar-refractivity contribution in [3.63, 3.8) is 0 Å². The van der Waals surface area contributed by atoms with Crippen LogP contribution < -0.4 is 0 Å². The second-order valence-electron chi connectivity index (χ2n) is 23.0. The van der Waals surface area contributed by atoms with Crippen molar-refractivity contribution in [2.45, 2.75) is 180 Å². The molecule has 5 aliphatic rings. The monoisotopic (exact) mass is 1170 g/mol. The van der Waals surface area contributed by atoms with Crippen molar-refractivity contribution < 1.29 is 90.8 Å². The van der Waals surface area contributed by atoms with Gasteiger partial charge >= 0.3 is 24.1 Å². The number of carbonyl (C=O) groups is 8. The van der Waals surface area contributed by atoms with Gasteiger partial charge in [0.05, 0.1) is 43.9 Å². The fourth-order valence-electron chi connectivity index (χ4n) is 12.4. The average molecular weight is 1170 g/mol. The Kier molecular flexibility index (Phi) is 27.2. The number of rotatable bonds is 17. The van der Waals surface area contributed by atoms with Gasteiger partial charge in [0.1, 0.15) is 37.7 Å². The minimum Gasteiger partial charge on any atom is -0.461 e. The van der Waals surface area contributed by atoms with Crippen LogP contribution in [-0.4, -0.2) is 166 Å². The number of allylic oxidation sites excluding steroid dienone is 6. The number of aliphatic hydroxyl groups is 1. The number of piperidine rings is 1. The Morgan fingerprint density at radius 3 is 2.20 bits per heavy atom. The first kappa shape index (κ1) is 68.1. The van der Waals surface area contributed by atoms with Crippen molar-refractivity contribution in [2.24, 2.45) is 41.4 Å². The number of esters is 3. The number of hydrogen-bond acceptors (Lipinski definition) is 19. The van der Waals surface area contributed by atoms with Gasteiger partial charge in [0.15, 0.2) is 18.0 Å². The highest BCUT2D eigenvalue weighted by molar-refractivity contribution is 6.39. The molecular weight excluding hydrogens is 1070 g/mol. The molecule has 5 rings (SSSR count). The quantitative estimate of drug-likeness (QED) is 0.0479. The maximum atomic E-state index is 14.7. The van der Waals surface area contributed by atoms with Gasteiger partial charge in [-0.15, -0.1) is 0 Å². The van der Waals surface area contributed by atoms with Gasteiger partial charge in [-0.3, -0.25) is 28.8 Å². The average Bonchev–Trinajstić information content (AvgIpc) is 2.37. The number of hydrogen-bond donors (Lipinski definition) is 1. The third-order valence-electron chi connectivity index (χ3n) is 17.0. The Hall–Kier alpha value is -5.64. The number of amides is 1. The lowest BCUT2D eigenvalue weighted by atomic mass is 9.68. The molecule has 4 heterocycles. The highest BCUT2D eigenvalue weighted by atomic mass is 16.7. The largest absolute Gasteiger partial charge is 0.508 e. The van der Waals surface area contributed by atoms with Gasteiger partial charge in [0.2, 0.25) is 5.79 Å². The van der Waals surface area contributed by atoms with Crippen molar-refractivity contribution in [3.8, 4) is 0 Å². The molecule has 1 N–H and O–H groups in total. The van der Waals surface area contributed by atoms with Crippen LogP contribution in [0.1, 0.15) is 125 Å². The maximum Gasteiger partial charge on any atom is 0.508 e. The van der Waals surface area contributed by atoms with Gasteiger partial charge in [-0.1, -0.05) is 89.5 Å². The van der Waals surface area contributed by atoms with Crippen molar-refractivity contribution >= 4 is 47.3 Å². The van der Waals surface area contributed by atoms with Crippen LogP contribution in [-0.2, 0) is 80.9 Å². The predicted molar refractivity (Wildman–Crippen MR) is 304 cm³/mol.